The molecule has 0 aliphatic carbocycles. The molecule has 0 fully saturated rings. The lowest BCUT2D eigenvalue weighted by molar-refractivity contribution is -0.125. The molecule has 6 nitrogen and oxygen atoms in total. The van der Waals surface area contributed by atoms with Crippen LogP contribution in [0.15, 0.2) is 18.2 Å². The van der Waals surface area contributed by atoms with Crippen molar-refractivity contribution in [2.45, 2.75) is 19.4 Å². The van der Waals surface area contributed by atoms with Crippen molar-refractivity contribution in [2.75, 3.05) is 25.1 Å². The van der Waals surface area contributed by atoms with Crippen LogP contribution in [0.2, 0.25) is 0 Å². The number of benzene rings is 1. The van der Waals surface area contributed by atoms with Crippen LogP contribution < -0.4 is 15.0 Å². The van der Waals surface area contributed by atoms with Gasteiger partial charge in [0.1, 0.15) is 5.75 Å². The van der Waals surface area contributed by atoms with Gasteiger partial charge < -0.3 is 20.1 Å². The van der Waals surface area contributed by atoms with Crippen LogP contribution in [-0.4, -0.2) is 43.2 Å². The molecular weight excluding hydrogens is 260 g/mol. The molecule has 1 aromatic carbocycles. The van der Waals surface area contributed by atoms with E-state index >= 15 is 0 Å². The molecule has 0 saturated carbocycles. The highest BCUT2D eigenvalue weighted by molar-refractivity contribution is 5.99. The van der Waals surface area contributed by atoms with Crippen LogP contribution in [0.25, 0.3) is 0 Å². The topological polar surface area (TPSA) is 78.9 Å². The van der Waals surface area contributed by atoms with E-state index in [9.17, 15) is 9.59 Å². The minimum absolute atomic E-state index is 0.0844. The number of likely N-dealkylation sites (N-methyl/N-ethyl adjacent to an activating group) is 1. The summed E-state index contributed by atoms with van der Waals surface area (Å²) in [5.74, 6) is 0.358. The largest absolute Gasteiger partial charge is 0.479 e. The average molecular weight is 278 g/mol. The normalized spacial score (nSPS) is 17.4. The SMILES string of the molecule is CC1Oc2ccc(CC(=O)NCCO)cc2N(C)C1=O. The van der Waals surface area contributed by atoms with Gasteiger partial charge in [-0.2, -0.15) is 0 Å². The predicted molar refractivity (Wildman–Crippen MR) is 73.7 cm³/mol. The lowest BCUT2D eigenvalue weighted by Crippen LogP contribution is -2.42. The Morgan fingerprint density at radius 3 is 2.95 bits per heavy atom. The van der Waals surface area contributed by atoms with Gasteiger partial charge in [0.25, 0.3) is 5.91 Å². The Morgan fingerprint density at radius 1 is 1.50 bits per heavy atom. The van der Waals surface area contributed by atoms with E-state index in [-0.39, 0.29) is 31.4 Å². The highest BCUT2D eigenvalue weighted by Crippen LogP contribution is 2.33. The second-order valence-corrected chi connectivity index (χ2v) is 4.71. The first kappa shape index (κ1) is 14.3. The molecule has 1 aliphatic rings. The molecule has 2 amide bonds. The number of carbonyl (C=O) groups is 2. The van der Waals surface area contributed by atoms with E-state index in [4.69, 9.17) is 9.84 Å². The van der Waals surface area contributed by atoms with Crippen molar-refractivity contribution < 1.29 is 19.4 Å². The van der Waals surface area contributed by atoms with E-state index in [2.05, 4.69) is 5.32 Å². The van der Waals surface area contributed by atoms with Crippen LogP contribution in [0.4, 0.5) is 5.69 Å². The van der Waals surface area contributed by atoms with Gasteiger partial charge in [0.15, 0.2) is 6.10 Å². The zero-order chi connectivity index (χ0) is 14.7. The van der Waals surface area contributed by atoms with Crippen LogP contribution in [-0.2, 0) is 16.0 Å². The fourth-order valence-electron chi connectivity index (χ4n) is 2.11. The summed E-state index contributed by atoms with van der Waals surface area (Å²) in [7, 11) is 1.69. The van der Waals surface area contributed by atoms with Crippen molar-refractivity contribution in [3.8, 4) is 5.75 Å². The van der Waals surface area contributed by atoms with Gasteiger partial charge in [-0.25, -0.2) is 0 Å². The Labute approximate surface area is 117 Å². The van der Waals surface area contributed by atoms with Crippen molar-refractivity contribution >= 4 is 17.5 Å². The second-order valence-electron chi connectivity index (χ2n) is 4.71. The van der Waals surface area contributed by atoms with Crippen LogP contribution in [0.3, 0.4) is 0 Å². The first-order valence-electron chi connectivity index (χ1n) is 6.47. The molecule has 0 spiro atoms. The maximum atomic E-state index is 11.9. The molecule has 0 aromatic heterocycles. The maximum Gasteiger partial charge on any atom is 0.267 e. The van der Waals surface area contributed by atoms with E-state index in [0.29, 0.717) is 11.4 Å². The summed E-state index contributed by atoms with van der Waals surface area (Å²) in [6.07, 6.45) is -0.295. The first-order valence-corrected chi connectivity index (χ1v) is 6.47. The maximum absolute atomic E-state index is 11.9. The average Bonchev–Trinajstić information content (AvgIpc) is 2.43. The second kappa shape index (κ2) is 5.92. The summed E-state index contributed by atoms with van der Waals surface area (Å²) < 4.78 is 5.51. The molecule has 0 bridgehead atoms. The molecule has 108 valence electrons. The number of nitrogens with one attached hydrogen (secondary N) is 1. The molecule has 1 heterocycles. The monoisotopic (exact) mass is 278 g/mol. The molecule has 1 unspecified atom stereocenters. The van der Waals surface area contributed by atoms with Crippen LogP contribution in [0.1, 0.15) is 12.5 Å². The van der Waals surface area contributed by atoms with Gasteiger partial charge in [-0.1, -0.05) is 6.07 Å². The lowest BCUT2D eigenvalue weighted by Gasteiger charge is -2.30. The third kappa shape index (κ3) is 2.91. The molecule has 0 saturated heterocycles. The quantitative estimate of drug-likeness (QED) is 0.817. The van der Waals surface area contributed by atoms with Crippen LogP contribution in [0.5, 0.6) is 5.75 Å². The van der Waals surface area contributed by atoms with Gasteiger partial charge in [-0.15, -0.1) is 0 Å². The van der Waals surface area contributed by atoms with Crippen LogP contribution >= 0.6 is 0 Å². The van der Waals surface area contributed by atoms with Gasteiger partial charge in [-0.05, 0) is 24.6 Å². The van der Waals surface area contributed by atoms with Gasteiger partial charge in [0, 0.05) is 13.6 Å². The summed E-state index contributed by atoms with van der Waals surface area (Å²) in [6.45, 7) is 1.86. The van der Waals surface area contributed by atoms with E-state index < -0.39 is 6.10 Å². The summed E-state index contributed by atoms with van der Waals surface area (Å²) >= 11 is 0. The van der Waals surface area contributed by atoms with Gasteiger partial charge >= 0.3 is 0 Å². The Hall–Kier alpha value is -2.08. The number of carbonyl (C=O) groups excluding carboxylic acids is 2. The number of hydrogen-bond acceptors (Lipinski definition) is 4. The van der Waals surface area contributed by atoms with E-state index in [1.54, 1.807) is 37.1 Å². The number of aliphatic hydroxyl groups is 1. The van der Waals surface area contributed by atoms with Gasteiger partial charge in [0.2, 0.25) is 5.91 Å². The Bertz CT molecular complexity index is 530. The number of ether oxygens (including phenoxy) is 1. The summed E-state index contributed by atoms with van der Waals surface area (Å²) in [5.41, 5.74) is 1.46. The predicted octanol–water partition coefficient (Wildman–Crippen LogP) is 0.0813. The molecule has 0 radical (unpaired) electrons. The summed E-state index contributed by atoms with van der Waals surface area (Å²) in [5, 5.41) is 11.2. The molecule has 1 aliphatic heterocycles. The zero-order valence-electron chi connectivity index (χ0n) is 11.5. The van der Waals surface area contributed by atoms with E-state index in [1.165, 1.54) is 0 Å². The molecule has 2 rings (SSSR count). The van der Waals surface area contributed by atoms with Crippen molar-refractivity contribution in [2.24, 2.45) is 0 Å². The Balaban J connectivity index is 2.15. The number of aliphatic hydroxyl groups excluding tert-OH is 1. The van der Waals surface area contributed by atoms with Crippen molar-refractivity contribution in [1.29, 1.82) is 0 Å². The number of rotatable bonds is 4. The van der Waals surface area contributed by atoms with E-state index in [0.717, 1.165) is 5.56 Å². The summed E-state index contributed by atoms with van der Waals surface area (Å²) in [4.78, 5) is 25.0. The van der Waals surface area contributed by atoms with Gasteiger partial charge in [0.05, 0.1) is 18.7 Å². The number of amides is 2. The lowest BCUT2D eigenvalue weighted by atomic mass is 10.1. The van der Waals surface area contributed by atoms with Crippen LogP contribution in [0, 0.1) is 0 Å². The van der Waals surface area contributed by atoms with Gasteiger partial charge in [-0.3, -0.25) is 9.59 Å². The fourth-order valence-corrected chi connectivity index (χ4v) is 2.11. The smallest absolute Gasteiger partial charge is 0.267 e. The standard InChI is InChI=1S/C14H18N2O4/c1-9-14(19)16(2)11-7-10(3-4-12(11)20-9)8-13(18)15-5-6-17/h3-4,7,9,17H,5-6,8H2,1-2H3,(H,15,18). The molecule has 6 heteroatoms. The zero-order valence-corrected chi connectivity index (χ0v) is 11.5. The number of anilines is 1. The summed E-state index contributed by atoms with van der Waals surface area (Å²) in [6, 6.07) is 5.34. The number of hydrogen-bond donors (Lipinski definition) is 2. The number of nitrogens with zero attached hydrogens (tertiary/aromatic N) is 1. The Morgan fingerprint density at radius 2 is 2.25 bits per heavy atom. The molecule has 1 atom stereocenters. The molecule has 1 aromatic rings. The Kier molecular flexibility index (Phi) is 4.24. The van der Waals surface area contributed by atoms with Crippen molar-refractivity contribution in [3.63, 3.8) is 0 Å². The highest BCUT2D eigenvalue weighted by atomic mass is 16.5. The minimum Gasteiger partial charge on any atom is -0.479 e. The van der Waals surface area contributed by atoms with Crippen molar-refractivity contribution in [3.05, 3.63) is 23.8 Å². The molecule has 2 N–H and O–H groups in total. The first-order chi connectivity index (χ1) is 9.52. The molecular formula is C14H18N2O4. The third-order valence-corrected chi connectivity index (χ3v) is 3.17. The fraction of sp³-hybridized carbons (Fsp3) is 0.429. The van der Waals surface area contributed by atoms with E-state index in [1.807, 2.05) is 0 Å². The number of fused-ring (bicyclic) bond motifs is 1. The molecule has 20 heavy (non-hydrogen) atoms. The highest BCUT2D eigenvalue weighted by Gasteiger charge is 2.28. The van der Waals surface area contributed by atoms with Crippen molar-refractivity contribution in [1.82, 2.24) is 5.32 Å². The minimum atomic E-state index is -0.494. The third-order valence-electron chi connectivity index (χ3n) is 3.17.